The van der Waals surface area contributed by atoms with Crippen LogP contribution in [0.25, 0.3) is 0 Å². The first-order valence-electron chi connectivity index (χ1n) is 7.94. The molecule has 110 valence electrons. The molecule has 2 heteroatoms. The normalized spacial score (nSPS) is 38.0. The van der Waals surface area contributed by atoms with Crippen molar-refractivity contribution >= 4 is 0 Å². The number of fused-ring (bicyclic) bond motifs is 1. The summed E-state index contributed by atoms with van der Waals surface area (Å²) in [5, 5.41) is 2.26. The quantitative estimate of drug-likeness (QED) is 0.700. The van der Waals surface area contributed by atoms with Gasteiger partial charge >= 0.3 is 0 Å². The lowest BCUT2D eigenvalue weighted by atomic mass is 9.67. The Labute approximate surface area is 119 Å². The number of rotatable bonds is 3. The highest BCUT2D eigenvalue weighted by Crippen LogP contribution is 2.49. The fraction of sp³-hybridized carbons (Fsp3) is 0.882. The molecule has 0 aromatic heterocycles. The van der Waals surface area contributed by atoms with E-state index >= 15 is 0 Å². The predicted octanol–water partition coefficient (Wildman–Crippen LogP) is 4.42. The summed E-state index contributed by atoms with van der Waals surface area (Å²) >= 11 is 0. The molecule has 0 amide bonds. The third-order valence-corrected chi connectivity index (χ3v) is 5.04. The maximum atomic E-state index is 6.21. The second kappa shape index (κ2) is 5.57. The molecule has 1 saturated heterocycles. The summed E-state index contributed by atoms with van der Waals surface area (Å²) in [7, 11) is 0. The Morgan fingerprint density at radius 3 is 2.58 bits per heavy atom. The molecule has 1 saturated carbocycles. The highest BCUT2D eigenvalue weighted by molar-refractivity contribution is 5.02. The zero-order valence-corrected chi connectivity index (χ0v) is 13.6. The van der Waals surface area contributed by atoms with Crippen molar-refractivity contribution in [2.24, 2.45) is 17.8 Å². The molecule has 0 bridgehead atoms. The lowest BCUT2D eigenvalue weighted by Crippen LogP contribution is -2.44. The van der Waals surface area contributed by atoms with E-state index in [9.17, 15) is 0 Å². The van der Waals surface area contributed by atoms with Gasteiger partial charge in [-0.05, 0) is 58.8 Å². The summed E-state index contributed by atoms with van der Waals surface area (Å²) in [6.07, 6.45) is 6.33. The average molecular weight is 265 g/mol. The van der Waals surface area contributed by atoms with E-state index < -0.39 is 0 Å². The molecule has 0 N–H and O–H groups in total. The average Bonchev–Trinajstić information content (AvgIpc) is 2.59. The van der Waals surface area contributed by atoms with Gasteiger partial charge in [-0.15, -0.1) is 0 Å². The predicted molar refractivity (Wildman–Crippen MR) is 80.8 cm³/mol. The van der Waals surface area contributed by atoms with Gasteiger partial charge in [0.2, 0.25) is 0 Å². The molecule has 19 heavy (non-hydrogen) atoms. The van der Waals surface area contributed by atoms with Crippen molar-refractivity contribution in [1.82, 2.24) is 5.06 Å². The van der Waals surface area contributed by atoms with E-state index in [-0.39, 0.29) is 5.60 Å². The van der Waals surface area contributed by atoms with Gasteiger partial charge in [0.25, 0.3) is 0 Å². The Kier molecular flexibility index (Phi) is 4.42. The molecule has 0 aromatic rings. The van der Waals surface area contributed by atoms with Gasteiger partial charge in [-0.25, -0.2) is 0 Å². The summed E-state index contributed by atoms with van der Waals surface area (Å²) in [5.74, 6) is 2.27. The van der Waals surface area contributed by atoms with E-state index in [0.29, 0.717) is 12.0 Å². The molecule has 2 nitrogen and oxygen atoms in total. The van der Waals surface area contributed by atoms with Crippen LogP contribution in [0.15, 0.2) is 11.6 Å². The number of hydrogen-bond acceptors (Lipinski definition) is 2. The van der Waals surface area contributed by atoms with Gasteiger partial charge < -0.3 is 0 Å². The van der Waals surface area contributed by atoms with Crippen molar-refractivity contribution in [3.63, 3.8) is 0 Å². The SMILES string of the molecule is CCN1OC(C)(C)[C@H]2C[C@@H](CC=C(C)C)C[C@H](C)[C@@H]21. The molecule has 0 radical (unpaired) electrons. The molecule has 0 unspecified atom stereocenters. The van der Waals surface area contributed by atoms with Gasteiger partial charge in [-0.3, -0.25) is 4.84 Å². The molecule has 0 spiro atoms. The molecule has 4 atom stereocenters. The van der Waals surface area contributed by atoms with Crippen LogP contribution in [-0.2, 0) is 4.84 Å². The molecular weight excluding hydrogens is 234 g/mol. The first kappa shape index (κ1) is 15.1. The minimum atomic E-state index is 0.0125. The summed E-state index contributed by atoms with van der Waals surface area (Å²) in [5.41, 5.74) is 1.46. The Morgan fingerprint density at radius 2 is 2.00 bits per heavy atom. The number of hydroxylamine groups is 2. The van der Waals surface area contributed by atoms with Crippen LogP contribution in [0.1, 0.15) is 60.8 Å². The largest absolute Gasteiger partial charge is 0.292 e. The summed E-state index contributed by atoms with van der Waals surface area (Å²) < 4.78 is 0. The lowest BCUT2D eigenvalue weighted by Gasteiger charge is -2.40. The Hall–Kier alpha value is -0.340. The van der Waals surface area contributed by atoms with Crippen molar-refractivity contribution < 1.29 is 4.84 Å². The Morgan fingerprint density at radius 1 is 1.32 bits per heavy atom. The Balaban J connectivity index is 2.11. The first-order valence-corrected chi connectivity index (χ1v) is 7.94. The van der Waals surface area contributed by atoms with Crippen LogP contribution in [0.5, 0.6) is 0 Å². The van der Waals surface area contributed by atoms with Gasteiger partial charge in [0, 0.05) is 18.5 Å². The van der Waals surface area contributed by atoms with Gasteiger partial charge in [-0.2, -0.15) is 5.06 Å². The molecule has 2 fully saturated rings. The number of hydrogen-bond donors (Lipinski definition) is 0. The maximum Gasteiger partial charge on any atom is 0.0887 e. The van der Waals surface area contributed by atoms with Crippen molar-refractivity contribution in [3.05, 3.63) is 11.6 Å². The van der Waals surface area contributed by atoms with E-state index in [1.165, 1.54) is 24.8 Å². The maximum absolute atomic E-state index is 6.21. The minimum Gasteiger partial charge on any atom is -0.292 e. The van der Waals surface area contributed by atoms with Crippen molar-refractivity contribution in [2.75, 3.05) is 6.54 Å². The van der Waals surface area contributed by atoms with Crippen LogP contribution in [0, 0.1) is 17.8 Å². The van der Waals surface area contributed by atoms with Gasteiger partial charge in [-0.1, -0.05) is 25.5 Å². The second-order valence-corrected chi connectivity index (χ2v) is 7.36. The van der Waals surface area contributed by atoms with Gasteiger partial charge in [0.05, 0.1) is 5.60 Å². The number of nitrogens with zero attached hydrogens (tertiary/aromatic N) is 1. The van der Waals surface area contributed by atoms with Crippen molar-refractivity contribution in [3.8, 4) is 0 Å². The van der Waals surface area contributed by atoms with Crippen LogP contribution in [0.2, 0.25) is 0 Å². The minimum absolute atomic E-state index is 0.0125. The van der Waals surface area contributed by atoms with E-state index in [1.54, 1.807) is 0 Å². The molecular formula is C17H31NO. The summed E-state index contributed by atoms with van der Waals surface area (Å²) in [4.78, 5) is 6.21. The van der Waals surface area contributed by atoms with Crippen LogP contribution < -0.4 is 0 Å². The van der Waals surface area contributed by atoms with E-state index in [1.807, 2.05) is 0 Å². The summed E-state index contributed by atoms with van der Waals surface area (Å²) in [6.45, 7) is 14.6. The first-order chi connectivity index (χ1) is 8.85. The topological polar surface area (TPSA) is 12.5 Å². The molecule has 1 heterocycles. The highest BCUT2D eigenvalue weighted by Gasteiger charge is 2.52. The fourth-order valence-electron chi connectivity index (χ4n) is 4.14. The lowest BCUT2D eigenvalue weighted by molar-refractivity contribution is -0.195. The molecule has 1 aliphatic carbocycles. The summed E-state index contributed by atoms with van der Waals surface area (Å²) in [6, 6.07) is 0.628. The highest BCUT2D eigenvalue weighted by atomic mass is 16.7. The molecule has 2 rings (SSSR count). The van der Waals surface area contributed by atoms with Crippen LogP contribution in [-0.4, -0.2) is 23.3 Å². The zero-order chi connectivity index (χ0) is 14.2. The standard InChI is InChI=1S/C17H31NO/c1-7-18-16-13(4)10-14(9-8-12(2)3)11-15(16)17(5,6)19-18/h8,13-16H,7,9-11H2,1-6H3/t13-,14-,15-,16-/m0/s1. The Bertz CT molecular complexity index is 343. The molecule has 1 aliphatic heterocycles. The van der Waals surface area contributed by atoms with E-state index in [4.69, 9.17) is 4.84 Å². The third-order valence-electron chi connectivity index (χ3n) is 5.04. The third kappa shape index (κ3) is 3.05. The number of allylic oxidation sites excluding steroid dienone is 2. The molecule has 0 aromatic carbocycles. The van der Waals surface area contributed by atoms with Crippen molar-refractivity contribution in [1.29, 1.82) is 0 Å². The van der Waals surface area contributed by atoms with Crippen molar-refractivity contribution in [2.45, 2.75) is 72.4 Å². The van der Waals surface area contributed by atoms with Crippen LogP contribution in [0.4, 0.5) is 0 Å². The smallest absolute Gasteiger partial charge is 0.0887 e. The molecule has 2 aliphatic rings. The van der Waals surface area contributed by atoms with Gasteiger partial charge in [0.1, 0.15) is 0 Å². The zero-order valence-electron chi connectivity index (χ0n) is 13.6. The van der Waals surface area contributed by atoms with Crippen LogP contribution in [0.3, 0.4) is 0 Å². The van der Waals surface area contributed by atoms with Crippen LogP contribution >= 0.6 is 0 Å². The monoisotopic (exact) mass is 265 g/mol. The fourth-order valence-corrected chi connectivity index (χ4v) is 4.14. The van der Waals surface area contributed by atoms with Gasteiger partial charge in [0.15, 0.2) is 0 Å². The van der Waals surface area contributed by atoms with E-state index in [2.05, 4.69) is 52.7 Å². The second-order valence-electron chi connectivity index (χ2n) is 7.36. The van der Waals surface area contributed by atoms with E-state index in [0.717, 1.165) is 18.4 Å².